The SMILES string of the molecule is CN=C(NCc1nccs1)N1CCN(C(=O)Cc2cccc(Cl)c2)CC1. The van der Waals surface area contributed by atoms with Crippen molar-refractivity contribution in [3.8, 4) is 0 Å². The highest BCUT2D eigenvalue weighted by molar-refractivity contribution is 7.09. The molecule has 1 aromatic heterocycles. The van der Waals surface area contributed by atoms with Crippen LogP contribution >= 0.6 is 22.9 Å². The Kier molecular flexibility index (Phi) is 6.46. The first kappa shape index (κ1) is 18.7. The zero-order chi connectivity index (χ0) is 18.4. The van der Waals surface area contributed by atoms with Gasteiger partial charge in [-0.15, -0.1) is 11.3 Å². The van der Waals surface area contributed by atoms with E-state index < -0.39 is 0 Å². The summed E-state index contributed by atoms with van der Waals surface area (Å²) < 4.78 is 0. The number of aliphatic imine (C=N–C) groups is 1. The molecule has 3 rings (SSSR count). The molecule has 6 nitrogen and oxygen atoms in total. The van der Waals surface area contributed by atoms with Gasteiger partial charge in [-0.3, -0.25) is 9.79 Å². The molecule has 1 saturated heterocycles. The number of thiazole rings is 1. The number of nitrogens with one attached hydrogen (secondary N) is 1. The summed E-state index contributed by atoms with van der Waals surface area (Å²) in [5.41, 5.74) is 0.950. The predicted molar refractivity (Wildman–Crippen MR) is 106 cm³/mol. The van der Waals surface area contributed by atoms with Crippen LogP contribution in [0, 0.1) is 0 Å². The molecule has 2 aromatic rings. The van der Waals surface area contributed by atoms with Crippen molar-refractivity contribution < 1.29 is 4.79 Å². The Morgan fingerprint density at radius 1 is 1.31 bits per heavy atom. The summed E-state index contributed by atoms with van der Waals surface area (Å²) in [6.45, 7) is 3.57. The molecule has 1 aliphatic heterocycles. The van der Waals surface area contributed by atoms with Gasteiger partial charge in [-0.25, -0.2) is 4.98 Å². The molecule has 0 spiro atoms. The van der Waals surface area contributed by atoms with E-state index in [2.05, 4.69) is 20.2 Å². The van der Waals surface area contributed by atoms with Crippen LogP contribution in [-0.4, -0.2) is 59.9 Å². The van der Waals surface area contributed by atoms with Crippen molar-refractivity contribution in [3.63, 3.8) is 0 Å². The number of halogens is 1. The number of piperazine rings is 1. The van der Waals surface area contributed by atoms with Crippen LogP contribution in [0.2, 0.25) is 5.02 Å². The molecule has 1 fully saturated rings. The number of carbonyl (C=O) groups is 1. The molecular formula is C18H22ClN5OS. The minimum atomic E-state index is 0.137. The standard InChI is InChI=1S/C18H22ClN5OS/c1-20-18(22-13-16-21-5-10-26-16)24-8-6-23(7-9-24)17(25)12-14-3-2-4-15(19)11-14/h2-5,10-11H,6-9,12-13H2,1H3,(H,20,22). The van der Waals surface area contributed by atoms with Gasteiger partial charge in [-0.1, -0.05) is 23.7 Å². The molecular weight excluding hydrogens is 370 g/mol. The van der Waals surface area contributed by atoms with Crippen molar-refractivity contribution in [2.75, 3.05) is 33.2 Å². The van der Waals surface area contributed by atoms with Crippen molar-refractivity contribution in [1.82, 2.24) is 20.1 Å². The van der Waals surface area contributed by atoms with Crippen LogP contribution in [-0.2, 0) is 17.8 Å². The summed E-state index contributed by atoms with van der Waals surface area (Å²) in [7, 11) is 1.78. The fourth-order valence-corrected chi connectivity index (χ4v) is 3.70. The summed E-state index contributed by atoms with van der Waals surface area (Å²) in [6, 6.07) is 7.48. The smallest absolute Gasteiger partial charge is 0.227 e. The molecule has 0 radical (unpaired) electrons. The number of aromatic nitrogens is 1. The summed E-state index contributed by atoms with van der Waals surface area (Å²) in [5.74, 6) is 0.986. The maximum absolute atomic E-state index is 12.5. The topological polar surface area (TPSA) is 60.8 Å². The van der Waals surface area contributed by atoms with Gasteiger partial charge < -0.3 is 15.1 Å². The van der Waals surface area contributed by atoms with Crippen LogP contribution in [0.1, 0.15) is 10.6 Å². The summed E-state index contributed by atoms with van der Waals surface area (Å²) in [5, 5.41) is 6.99. The predicted octanol–water partition coefficient (Wildman–Crippen LogP) is 2.26. The van der Waals surface area contributed by atoms with Crippen molar-refractivity contribution in [3.05, 3.63) is 51.4 Å². The number of carbonyl (C=O) groups excluding carboxylic acids is 1. The third-order valence-electron chi connectivity index (χ3n) is 4.27. The number of hydrogen-bond donors (Lipinski definition) is 1. The quantitative estimate of drug-likeness (QED) is 0.641. The Morgan fingerprint density at radius 2 is 2.08 bits per heavy atom. The van der Waals surface area contributed by atoms with E-state index in [1.807, 2.05) is 34.5 Å². The lowest BCUT2D eigenvalue weighted by Crippen LogP contribution is -2.53. The van der Waals surface area contributed by atoms with E-state index in [-0.39, 0.29) is 5.91 Å². The molecule has 1 aromatic carbocycles. The summed E-state index contributed by atoms with van der Waals surface area (Å²) in [6.07, 6.45) is 2.19. The van der Waals surface area contributed by atoms with Gasteiger partial charge in [-0.2, -0.15) is 0 Å². The molecule has 26 heavy (non-hydrogen) atoms. The largest absolute Gasteiger partial charge is 0.350 e. The van der Waals surface area contributed by atoms with Crippen LogP contribution in [0.5, 0.6) is 0 Å². The molecule has 1 aliphatic rings. The van der Waals surface area contributed by atoms with Crippen LogP contribution in [0.25, 0.3) is 0 Å². The zero-order valence-electron chi connectivity index (χ0n) is 14.7. The molecule has 2 heterocycles. The molecule has 0 unspecified atom stereocenters. The van der Waals surface area contributed by atoms with Gasteiger partial charge in [-0.05, 0) is 17.7 Å². The first-order chi connectivity index (χ1) is 12.7. The first-order valence-electron chi connectivity index (χ1n) is 8.52. The normalized spacial score (nSPS) is 15.2. The number of benzene rings is 1. The Morgan fingerprint density at radius 3 is 2.73 bits per heavy atom. The molecule has 0 atom stereocenters. The average Bonchev–Trinajstić information content (AvgIpc) is 3.16. The van der Waals surface area contributed by atoms with Crippen molar-refractivity contribution in [2.45, 2.75) is 13.0 Å². The van der Waals surface area contributed by atoms with E-state index >= 15 is 0 Å². The van der Waals surface area contributed by atoms with E-state index in [0.29, 0.717) is 31.1 Å². The number of hydrogen-bond acceptors (Lipinski definition) is 4. The van der Waals surface area contributed by atoms with Gasteiger partial charge in [0.2, 0.25) is 5.91 Å². The second-order valence-electron chi connectivity index (χ2n) is 6.00. The van der Waals surface area contributed by atoms with Crippen molar-refractivity contribution >= 4 is 34.8 Å². The third-order valence-corrected chi connectivity index (χ3v) is 5.28. The van der Waals surface area contributed by atoms with E-state index in [4.69, 9.17) is 11.6 Å². The highest BCUT2D eigenvalue weighted by atomic mass is 35.5. The molecule has 1 amide bonds. The van der Waals surface area contributed by atoms with E-state index in [9.17, 15) is 4.79 Å². The lowest BCUT2D eigenvalue weighted by Gasteiger charge is -2.36. The van der Waals surface area contributed by atoms with Gasteiger partial charge in [0, 0.05) is 49.8 Å². The molecule has 1 N–H and O–H groups in total. The van der Waals surface area contributed by atoms with Crippen molar-refractivity contribution in [1.29, 1.82) is 0 Å². The van der Waals surface area contributed by atoms with Crippen LogP contribution < -0.4 is 5.32 Å². The fourth-order valence-electron chi connectivity index (χ4n) is 2.93. The van der Waals surface area contributed by atoms with Gasteiger partial charge in [0.1, 0.15) is 5.01 Å². The Balaban J connectivity index is 1.49. The van der Waals surface area contributed by atoms with E-state index in [1.165, 1.54) is 0 Å². The summed E-state index contributed by atoms with van der Waals surface area (Å²) in [4.78, 5) is 25.2. The van der Waals surface area contributed by atoms with Crippen molar-refractivity contribution in [2.24, 2.45) is 4.99 Å². The Bertz CT molecular complexity index is 757. The van der Waals surface area contributed by atoms with Gasteiger partial charge >= 0.3 is 0 Å². The monoisotopic (exact) mass is 391 g/mol. The number of guanidine groups is 1. The maximum atomic E-state index is 12.5. The second kappa shape index (κ2) is 9.00. The minimum Gasteiger partial charge on any atom is -0.350 e. The Labute approximate surface area is 162 Å². The summed E-state index contributed by atoms with van der Waals surface area (Å²) >= 11 is 7.61. The van der Waals surface area contributed by atoms with Gasteiger partial charge in [0.05, 0.1) is 13.0 Å². The Hall–Kier alpha value is -2.12. The van der Waals surface area contributed by atoms with Crippen LogP contribution in [0.4, 0.5) is 0 Å². The van der Waals surface area contributed by atoms with E-state index in [0.717, 1.165) is 29.6 Å². The van der Waals surface area contributed by atoms with Crippen LogP contribution in [0.3, 0.4) is 0 Å². The molecule has 138 valence electrons. The lowest BCUT2D eigenvalue weighted by molar-refractivity contribution is -0.131. The lowest BCUT2D eigenvalue weighted by atomic mass is 10.1. The number of amides is 1. The first-order valence-corrected chi connectivity index (χ1v) is 9.77. The van der Waals surface area contributed by atoms with Gasteiger partial charge in [0.15, 0.2) is 5.96 Å². The number of nitrogens with zero attached hydrogens (tertiary/aromatic N) is 4. The average molecular weight is 392 g/mol. The highest BCUT2D eigenvalue weighted by Crippen LogP contribution is 2.13. The highest BCUT2D eigenvalue weighted by Gasteiger charge is 2.23. The molecule has 0 bridgehead atoms. The van der Waals surface area contributed by atoms with E-state index in [1.54, 1.807) is 24.6 Å². The zero-order valence-corrected chi connectivity index (χ0v) is 16.3. The van der Waals surface area contributed by atoms with Crippen LogP contribution in [0.15, 0.2) is 40.8 Å². The van der Waals surface area contributed by atoms with Gasteiger partial charge in [0.25, 0.3) is 0 Å². The third kappa shape index (κ3) is 4.95. The molecule has 8 heteroatoms. The second-order valence-corrected chi connectivity index (χ2v) is 7.42. The molecule has 0 saturated carbocycles. The number of rotatable bonds is 4. The maximum Gasteiger partial charge on any atom is 0.227 e. The minimum absolute atomic E-state index is 0.137. The fraction of sp³-hybridized carbons (Fsp3) is 0.389. The molecule has 0 aliphatic carbocycles.